The van der Waals surface area contributed by atoms with Crippen molar-refractivity contribution in [2.45, 2.75) is 67.4 Å². The van der Waals surface area contributed by atoms with Gasteiger partial charge in [-0.05, 0) is 80.0 Å². The fraction of sp³-hybridized carbons (Fsp3) is 0.455. The Morgan fingerprint density at radius 3 is 2.23 bits per heavy atom. The van der Waals surface area contributed by atoms with E-state index in [9.17, 15) is 13.5 Å². The molecule has 3 aromatic carbocycles. The molecule has 0 bridgehead atoms. The minimum absolute atomic E-state index is 0.101. The minimum Gasteiger partial charge on any atom is -0.390 e. The van der Waals surface area contributed by atoms with Crippen LogP contribution >= 0.6 is 11.6 Å². The fourth-order valence-corrected chi connectivity index (χ4v) is 8.58. The number of likely N-dealkylation sites (tertiary alicyclic amines) is 1. The highest BCUT2D eigenvalue weighted by Crippen LogP contribution is 2.44. The zero-order chi connectivity index (χ0) is 28.2. The van der Waals surface area contributed by atoms with Gasteiger partial charge in [-0.25, -0.2) is 8.42 Å². The van der Waals surface area contributed by atoms with E-state index in [1.807, 2.05) is 12.1 Å². The molecule has 2 fully saturated rings. The highest BCUT2D eigenvalue weighted by molar-refractivity contribution is 7.89. The lowest BCUT2D eigenvalue weighted by Crippen LogP contribution is -2.46. The van der Waals surface area contributed by atoms with Gasteiger partial charge in [0.05, 0.1) is 10.6 Å². The maximum absolute atomic E-state index is 13.5. The van der Waals surface area contributed by atoms with Crippen molar-refractivity contribution in [3.8, 4) is 0 Å². The molecule has 1 N–H and O–H groups in total. The molecule has 1 aliphatic carbocycles. The molecule has 2 aliphatic rings. The van der Waals surface area contributed by atoms with E-state index < -0.39 is 15.6 Å². The van der Waals surface area contributed by atoms with Crippen molar-refractivity contribution in [3.05, 3.63) is 101 Å². The highest BCUT2D eigenvalue weighted by atomic mass is 35.5. The van der Waals surface area contributed by atoms with Gasteiger partial charge in [0.2, 0.25) is 10.0 Å². The van der Waals surface area contributed by atoms with E-state index in [1.165, 1.54) is 11.1 Å². The largest absolute Gasteiger partial charge is 0.390 e. The first-order valence-electron chi connectivity index (χ1n) is 14.5. The molecule has 40 heavy (non-hydrogen) atoms. The summed E-state index contributed by atoms with van der Waals surface area (Å²) in [4.78, 5) is 2.65. The Balaban J connectivity index is 1.23. The quantitative estimate of drug-likeness (QED) is 0.303. The van der Waals surface area contributed by atoms with Crippen LogP contribution in [-0.2, 0) is 16.4 Å². The summed E-state index contributed by atoms with van der Waals surface area (Å²) in [6.07, 6.45) is 5.98. The van der Waals surface area contributed by atoms with Crippen molar-refractivity contribution < 1.29 is 13.5 Å². The number of piperidine rings is 1. The van der Waals surface area contributed by atoms with Gasteiger partial charge in [-0.1, -0.05) is 84.4 Å². The second-order valence-corrected chi connectivity index (χ2v) is 14.1. The molecule has 0 aromatic heterocycles. The Morgan fingerprint density at radius 2 is 1.55 bits per heavy atom. The van der Waals surface area contributed by atoms with E-state index in [-0.39, 0.29) is 21.9 Å². The summed E-state index contributed by atoms with van der Waals surface area (Å²) in [7, 11) is -2.01. The van der Waals surface area contributed by atoms with E-state index in [0.29, 0.717) is 5.92 Å². The van der Waals surface area contributed by atoms with Crippen LogP contribution in [0.1, 0.15) is 55.6 Å². The number of sulfonamides is 1. The smallest absolute Gasteiger partial charge is 0.244 e. The molecule has 1 saturated heterocycles. The molecular weight excluding hydrogens is 540 g/mol. The van der Waals surface area contributed by atoms with Crippen LogP contribution in [0.4, 0.5) is 0 Å². The monoisotopic (exact) mass is 580 g/mol. The Kier molecular flexibility index (Phi) is 9.33. The first kappa shape index (κ1) is 29.3. The van der Waals surface area contributed by atoms with E-state index in [0.717, 1.165) is 64.6 Å². The summed E-state index contributed by atoms with van der Waals surface area (Å²) in [5.74, 6) is 0.613. The minimum atomic E-state index is -3.70. The van der Waals surface area contributed by atoms with E-state index in [2.05, 4.69) is 53.4 Å². The second-order valence-electron chi connectivity index (χ2n) is 11.7. The molecule has 1 saturated carbocycles. The molecule has 1 heterocycles. The van der Waals surface area contributed by atoms with Crippen molar-refractivity contribution >= 4 is 21.6 Å². The molecular formula is C33H41ClN2O3S. The molecule has 0 amide bonds. The van der Waals surface area contributed by atoms with Crippen LogP contribution in [0.25, 0.3) is 0 Å². The zero-order valence-electron chi connectivity index (χ0n) is 23.3. The van der Waals surface area contributed by atoms with E-state index in [1.54, 1.807) is 35.6 Å². The average molecular weight is 581 g/mol. The summed E-state index contributed by atoms with van der Waals surface area (Å²) in [5.41, 5.74) is 2.01. The predicted molar refractivity (Wildman–Crippen MR) is 162 cm³/mol. The van der Waals surface area contributed by atoms with Gasteiger partial charge in [0.25, 0.3) is 0 Å². The highest BCUT2D eigenvalue weighted by Gasteiger charge is 2.42. The van der Waals surface area contributed by atoms with Gasteiger partial charge < -0.3 is 10.0 Å². The van der Waals surface area contributed by atoms with Gasteiger partial charge in [-0.15, -0.1) is 0 Å². The predicted octanol–water partition coefficient (Wildman–Crippen LogP) is 6.37. The molecule has 214 valence electrons. The Morgan fingerprint density at radius 1 is 0.925 bits per heavy atom. The van der Waals surface area contributed by atoms with Crippen LogP contribution < -0.4 is 0 Å². The topological polar surface area (TPSA) is 60.9 Å². The SMILES string of the molecule is CN(C1CC(CN2CCC(O)(CCCc3ccccc3)CC2)C(c2ccccc2)C1)S(=O)(=O)c1ccccc1Cl. The van der Waals surface area contributed by atoms with Crippen LogP contribution in [-0.4, -0.2) is 61.1 Å². The molecule has 5 nitrogen and oxygen atoms in total. The second kappa shape index (κ2) is 12.7. The summed E-state index contributed by atoms with van der Waals surface area (Å²) >= 11 is 6.29. The Bertz CT molecular complexity index is 1340. The summed E-state index contributed by atoms with van der Waals surface area (Å²) in [6.45, 7) is 2.66. The standard InChI is InChI=1S/C33H41ClN2O3S/c1-35(40(38,39)32-17-9-8-16-31(32)34)29-23-28(30(24-29)27-14-6-3-7-15-27)25-36-21-19-33(37,20-22-36)18-10-13-26-11-4-2-5-12-26/h2-9,11-12,14-17,28-30,37H,10,13,18-25H2,1H3. The van der Waals surface area contributed by atoms with Crippen molar-refractivity contribution in [2.24, 2.45) is 5.92 Å². The van der Waals surface area contributed by atoms with E-state index in [4.69, 9.17) is 11.6 Å². The van der Waals surface area contributed by atoms with E-state index >= 15 is 0 Å². The molecule has 3 unspecified atom stereocenters. The fourth-order valence-electron chi connectivity index (χ4n) is 6.71. The third-order valence-electron chi connectivity index (χ3n) is 9.14. The molecule has 3 atom stereocenters. The van der Waals surface area contributed by atoms with Crippen LogP contribution in [0.15, 0.2) is 89.8 Å². The first-order valence-corrected chi connectivity index (χ1v) is 16.3. The number of nitrogens with zero attached hydrogens (tertiary/aromatic N) is 2. The average Bonchev–Trinajstić information content (AvgIpc) is 3.38. The van der Waals surface area contributed by atoms with Gasteiger partial charge in [-0.2, -0.15) is 4.31 Å². The molecule has 5 rings (SSSR count). The van der Waals surface area contributed by atoms with Crippen LogP contribution in [0.2, 0.25) is 5.02 Å². The molecule has 0 radical (unpaired) electrons. The van der Waals surface area contributed by atoms with Gasteiger partial charge in [0.1, 0.15) is 4.90 Å². The molecule has 7 heteroatoms. The normalized spacial score (nSPS) is 23.4. The molecule has 1 aliphatic heterocycles. The number of aliphatic hydroxyl groups is 1. The summed E-state index contributed by atoms with van der Waals surface area (Å²) in [5, 5.41) is 11.5. The van der Waals surface area contributed by atoms with Gasteiger partial charge in [-0.3, -0.25) is 0 Å². The third-order valence-corrected chi connectivity index (χ3v) is 11.5. The lowest BCUT2D eigenvalue weighted by Gasteiger charge is -2.40. The maximum Gasteiger partial charge on any atom is 0.244 e. The van der Waals surface area contributed by atoms with Crippen LogP contribution in [0, 0.1) is 5.92 Å². The van der Waals surface area contributed by atoms with Gasteiger partial charge in [0.15, 0.2) is 0 Å². The number of aryl methyl sites for hydroxylation is 1. The van der Waals surface area contributed by atoms with Crippen molar-refractivity contribution in [1.82, 2.24) is 9.21 Å². The first-order chi connectivity index (χ1) is 19.2. The molecule has 0 spiro atoms. The number of hydrogen-bond donors (Lipinski definition) is 1. The Hall–Kier alpha value is -2.22. The van der Waals surface area contributed by atoms with Crippen molar-refractivity contribution in [3.63, 3.8) is 0 Å². The van der Waals surface area contributed by atoms with Crippen molar-refractivity contribution in [2.75, 3.05) is 26.7 Å². The Labute approximate surface area is 244 Å². The maximum atomic E-state index is 13.5. The third kappa shape index (κ3) is 6.80. The van der Waals surface area contributed by atoms with Crippen molar-refractivity contribution in [1.29, 1.82) is 0 Å². The number of rotatable bonds is 10. The molecule has 3 aromatic rings. The van der Waals surface area contributed by atoms with Crippen LogP contribution in [0.3, 0.4) is 0 Å². The number of benzene rings is 3. The number of halogens is 1. The lowest BCUT2D eigenvalue weighted by molar-refractivity contribution is -0.0318. The van der Waals surface area contributed by atoms with Gasteiger partial charge >= 0.3 is 0 Å². The van der Waals surface area contributed by atoms with Crippen LogP contribution in [0.5, 0.6) is 0 Å². The summed E-state index contributed by atoms with van der Waals surface area (Å²) in [6, 6.07) is 27.6. The van der Waals surface area contributed by atoms with Gasteiger partial charge in [0, 0.05) is 32.7 Å². The zero-order valence-corrected chi connectivity index (χ0v) is 24.9. The summed E-state index contributed by atoms with van der Waals surface area (Å²) < 4.78 is 28.6. The number of hydrogen-bond acceptors (Lipinski definition) is 4. The lowest BCUT2D eigenvalue weighted by atomic mass is 9.84.